The first kappa shape index (κ1) is 22.7. The van der Waals surface area contributed by atoms with Gasteiger partial charge in [0.15, 0.2) is 0 Å². The highest BCUT2D eigenvalue weighted by atomic mass is 32.1. The first-order valence-electron chi connectivity index (χ1n) is 13.5. The zero-order valence-corrected chi connectivity index (χ0v) is 23.1. The van der Waals surface area contributed by atoms with Gasteiger partial charge in [0.25, 0.3) is 0 Å². The SMILES string of the molecule is CC(C)c1nc2cc3sc4cc(-c5ccc6c(c5)c5ncccc5c5nc(C(C)C)[nH]c65)ccc4c3cc2[nH]1. The lowest BCUT2D eigenvalue weighted by Crippen LogP contribution is -1.88. The lowest BCUT2D eigenvalue weighted by atomic mass is 9.97. The Hall–Kier alpha value is -4.29. The first-order valence-corrected chi connectivity index (χ1v) is 14.3. The number of rotatable bonds is 3. The zero-order chi connectivity index (χ0) is 26.4. The van der Waals surface area contributed by atoms with Crippen molar-refractivity contribution in [3.8, 4) is 11.1 Å². The molecule has 39 heavy (non-hydrogen) atoms. The van der Waals surface area contributed by atoms with Crippen LogP contribution in [0.4, 0.5) is 0 Å². The van der Waals surface area contributed by atoms with Gasteiger partial charge in [-0.2, -0.15) is 0 Å². The lowest BCUT2D eigenvalue weighted by Gasteiger charge is -2.08. The van der Waals surface area contributed by atoms with Crippen LogP contribution in [-0.2, 0) is 0 Å². The summed E-state index contributed by atoms with van der Waals surface area (Å²) >= 11 is 1.84. The van der Waals surface area contributed by atoms with Crippen molar-refractivity contribution in [1.82, 2.24) is 24.9 Å². The van der Waals surface area contributed by atoms with E-state index >= 15 is 0 Å². The fourth-order valence-corrected chi connectivity index (χ4v) is 6.92. The van der Waals surface area contributed by atoms with E-state index in [1.165, 1.54) is 31.3 Å². The number of fused-ring (bicyclic) bond motifs is 10. The summed E-state index contributed by atoms with van der Waals surface area (Å²) in [5, 5.41) is 5.96. The molecule has 8 rings (SSSR count). The molecule has 5 nitrogen and oxygen atoms in total. The Bertz CT molecular complexity index is 2250. The van der Waals surface area contributed by atoms with E-state index in [1.807, 2.05) is 23.6 Å². The Morgan fingerprint density at radius 2 is 1.38 bits per heavy atom. The van der Waals surface area contributed by atoms with Crippen LogP contribution in [0.15, 0.2) is 66.9 Å². The molecule has 0 amide bonds. The summed E-state index contributed by atoms with van der Waals surface area (Å²) in [7, 11) is 0. The van der Waals surface area contributed by atoms with Gasteiger partial charge in [-0.05, 0) is 47.5 Å². The van der Waals surface area contributed by atoms with Crippen LogP contribution in [0.2, 0.25) is 0 Å². The van der Waals surface area contributed by atoms with Crippen molar-refractivity contribution in [3.05, 3.63) is 78.5 Å². The molecule has 0 aliphatic carbocycles. The van der Waals surface area contributed by atoms with E-state index in [-0.39, 0.29) is 0 Å². The van der Waals surface area contributed by atoms with Gasteiger partial charge < -0.3 is 9.97 Å². The number of aromatic nitrogens is 5. The molecule has 0 spiro atoms. The molecule has 4 aromatic carbocycles. The summed E-state index contributed by atoms with van der Waals surface area (Å²) in [6.45, 7) is 8.68. The second kappa shape index (κ2) is 8.10. The first-order chi connectivity index (χ1) is 18.9. The molecule has 0 radical (unpaired) electrons. The molecule has 0 unspecified atom stereocenters. The van der Waals surface area contributed by atoms with Crippen LogP contribution in [0.3, 0.4) is 0 Å². The lowest BCUT2D eigenvalue weighted by molar-refractivity contribution is 0.799. The van der Waals surface area contributed by atoms with Crippen LogP contribution in [0, 0.1) is 0 Å². The number of thiophene rings is 1. The highest BCUT2D eigenvalue weighted by Gasteiger charge is 2.17. The molecular formula is C33H27N5S. The molecule has 2 N–H and O–H groups in total. The van der Waals surface area contributed by atoms with E-state index in [1.54, 1.807) is 0 Å². The second-order valence-corrected chi connectivity index (χ2v) is 12.2. The minimum Gasteiger partial charge on any atom is -0.342 e. The Morgan fingerprint density at radius 3 is 2.21 bits per heavy atom. The smallest absolute Gasteiger partial charge is 0.109 e. The molecule has 8 aromatic rings. The fourth-order valence-electron chi connectivity index (χ4n) is 5.76. The summed E-state index contributed by atoms with van der Waals surface area (Å²) in [6, 6.07) is 22.2. The third kappa shape index (κ3) is 3.34. The van der Waals surface area contributed by atoms with Gasteiger partial charge in [-0.25, -0.2) is 9.97 Å². The topological polar surface area (TPSA) is 70.2 Å². The Balaban J connectivity index is 1.31. The fraction of sp³-hybridized carbons (Fsp3) is 0.182. The maximum atomic E-state index is 4.95. The van der Waals surface area contributed by atoms with E-state index in [2.05, 4.69) is 92.3 Å². The predicted octanol–water partition coefficient (Wildman–Crippen LogP) is 9.42. The van der Waals surface area contributed by atoms with Crippen molar-refractivity contribution in [1.29, 1.82) is 0 Å². The van der Waals surface area contributed by atoms with Crippen LogP contribution in [0.25, 0.3) is 75.0 Å². The van der Waals surface area contributed by atoms with Crippen molar-refractivity contribution < 1.29 is 0 Å². The standard InChI is InChI=1S/C33H27N5S/c1-16(2)32-35-25-14-23-20-9-7-19(13-27(20)39-28(23)15-26(25)36-32)18-8-10-21-24(12-18)29-22(6-5-11-34-29)31-30(21)37-33(38-31)17(3)4/h5-17H,1-4H3,(H,35,36)(H,37,38). The number of nitrogens with zero attached hydrogens (tertiary/aromatic N) is 3. The van der Waals surface area contributed by atoms with Crippen LogP contribution in [-0.4, -0.2) is 24.9 Å². The van der Waals surface area contributed by atoms with E-state index in [0.717, 1.165) is 55.4 Å². The number of benzene rings is 4. The monoisotopic (exact) mass is 525 g/mol. The molecule has 4 aromatic heterocycles. The minimum absolute atomic E-state index is 0.326. The van der Waals surface area contributed by atoms with Crippen molar-refractivity contribution >= 4 is 75.3 Å². The molecule has 190 valence electrons. The quantitative estimate of drug-likeness (QED) is 0.226. The number of imidazole rings is 2. The van der Waals surface area contributed by atoms with Crippen LogP contribution in [0.5, 0.6) is 0 Å². The minimum atomic E-state index is 0.326. The van der Waals surface area contributed by atoms with Gasteiger partial charge >= 0.3 is 0 Å². The normalized spacial score (nSPS) is 12.6. The van der Waals surface area contributed by atoms with E-state index in [4.69, 9.17) is 15.0 Å². The van der Waals surface area contributed by atoms with E-state index < -0.39 is 0 Å². The average Bonchev–Trinajstić information content (AvgIpc) is 3.66. The molecule has 0 saturated heterocycles. The molecule has 0 aliphatic heterocycles. The molecule has 0 aliphatic rings. The maximum absolute atomic E-state index is 4.95. The number of hydrogen-bond acceptors (Lipinski definition) is 4. The predicted molar refractivity (Wildman–Crippen MR) is 165 cm³/mol. The van der Waals surface area contributed by atoms with Gasteiger partial charge in [0.2, 0.25) is 0 Å². The Labute approximate surface area is 228 Å². The number of H-pyrrole nitrogens is 2. The van der Waals surface area contributed by atoms with Crippen LogP contribution in [0.1, 0.15) is 51.2 Å². The largest absolute Gasteiger partial charge is 0.342 e. The summed E-state index contributed by atoms with van der Waals surface area (Å²) in [5.74, 6) is 2.76. The van der Waals surface area contributed by atoms with Crippen LogP contribution >= 0.6 is 11.3 Å². The average molecular weight is 526 g/mol. The summed E-state index contributed by atoms with van der Waals surface area (Å²) in [4.78, 5) is 21.7. The van der Waals surface area contributed by atoms with Crippen molar-refractivity contribution in [2.24, 2.45) is 0 Å². The third-order valence-corrected chi connectivity index (χ3v) is 8.96. The Kier molecular flexibility index (Phi) is 4.71. The third-order valence-electron chi connectivity index (χ3n) is 7.85. The number of nitrogens with one attached hydrogen (secondary N) is 2. The van der Waals surface area contributed by atoms with Crippen molar-refractivity contribution in [3.63, 3.8) is 0 Å². The molecule has 6 heteroatoms. The molecular weight excluding hydrogens is 498 g/mol. The van der Waals surface area contributed by atoms with Crippen molar-refractivity contribution in [2.45, 2.75) is 39.5 Å². The van der Waals surface area contributed by atoms with Gasteiger partial charge in [0.1, 0.15) is 11.6 Å². The summed E-state index contributed by atoms with van der Waals surface area (Å²) < 4.78 is 2.56. The molecule has 0 bridgehead atoms. The zero-order valence-electron chi connectivity index (χ0n) is 22.3. The molecule has 0 saturated carbocycles. The second-order valence-electron chi connectivity index (χ2n) is 11.1. The highest BCUT2D eigenvalue weighted by Crippen LogP contribution is 2.40. The van der Waals surface area contributed by atoms with Gasteiger partial charge in [-0.3, -0.25) is 4.98 Å². The van der Waals surface area contributed by atoms with Gasteiger partial charge in [-0.1, -0.05) is 52.0 Å². The Morgan fingerprint density at radius 1 is 0.641 bits per heavy atom. The number of pyridine rings is 1. The van der Waals surface area contributed by atoms with Gasteiger partial charge in [-0.15, -0.1) is 11.3 Å². The molecule has 0 fully saturated rings. The highest BCUT2D eigenvalue weighted by molar-refractivity contribution is 7.25. The maximum Gasteiger partial charge on any atom is 0.109 e. The van der Waals surface area contributed by atoms with Crippen LogP contribution < -0.4 is 0 Å². The van der Waals surface area contributed by atoms with E-state index in [9.17, 15) is 0 Å². The van der Waals surface area contributed by atoms with Gasteiger partial charge in [0, 0.05) is 54.4 Å². The van der Waals surface area contributed by atoms with Gasteiger partial charge in [0.05, 0.1) is 27.6 Å². The van der Waals surface area contributed by atoms with Crippen molar-refractivity contribution in [2.75, 3.05) is 0 Å². The number of aromatic amines is 2. The summed E-state index contributed by atoms with van der Waals surface area (Å²) in [5.41, 5.74) is 7.62. The molecule has 0 atom stereocenters. The molecule has 4 heterocycles. The number of hydrogen-bond donors (Lipinski definition) is 2. The summed E-state index contributed by atoms with van der Waals surface area (Å²) in [6.07, 6.45) is 1.87. The van der Waals surface area contributed by atoms with E-state index in [0.29, 0.717) is 11.8 Å².